The van der Waals surface area contributed by atoms with Crippen LogP contribution in [-0.4, -0.2) is 41.2 Å². The number of nitrogens with zero attached hydrogens (tertiary/aromatic N) is 1. The van der Waals surface area contributed by atoms with Crippen molar-refractivity contribution in [1.29, 1.82) is 0 Å². The number of carbonyl (C=O) groups excluding carboxylic acids is 2. The molecule has 29 heavy (non-hydrogen) atoms. The molecular formula is C23H34N2O4. The first-order valence-electron chi connectivity index (χ1n) is 10.6. The number of aryl methyl sites for hydroxylation is 1. The Balaban J connectivity index is 1.36. The first kappa shape index (κ1) is 21.5. The number of amides is 2. The summed E-state index contributed by atoms with van der Waals surface area (Å²) < 4.78 is 5.67. The van der Waals surface area contributed by atoms with Gasteiger partial charge in [0, 0.05) is 19.6 Å². The van der Waals surface area contributed by atoms with Gasteiger partial charge in [0.2, 0.25) is 5.91 Å². The monoisotopic (exact) mass is 402 g/mol. The van der Waals surface area contributed by atoms with Crippen molar-refractivity contribution < 1.29 is 19.4 Å². The van der Waals surface area contributed by atoms with Gasteiger partial charge in [0.1, 0.15) is 11.9 Å². The number of hydrogen-bond acceptors (Lipinski definition) is 4. The van der Waals surface area contributed by atoms with E-state index in [1.807, 2.05) is 13.0 Å². The number of rotatable bonds is 4. The molecule has 1 saturated heterocycles. The predicted molar refractivity (Wildman–Crippen MR) is 111 cm³/mol. The van der Waals surface area contributed by atoms with Crippen molar-refractivity contribution in [3.63, 3.8) is 0 Å². The van der Waals surface area contributed by atoms with Crippen molar-refractivity contribution in [2.45, 2.75) is 66.0 Å². The summed E-state index contributed by atoms with van der Waals surface area (Å²) in [7, 11) is 0. The van der Waals surface area contributed by atoms with E-state index in [4.69, 9.17) is 4.74 Å². The Morgan fingerprint density at radius 1 is 1.17 bits per heavy atom. The van der Waals surface area contributed by atoms with E-state index < -0.39 is 0 Å². The zero-order valence-corrected chi connectivity index (χ0v) is 18.0. The van der Waals surface area contributed by atoms with Crippen LogP contribution in [0.2, 0.25) is 0 Å². The van der Waals surface area contributed by atoms with Crippen molar-refractivity contribution in [3.05, 3.63) is 29.3 Å². The quantitative estimate of drug-likeness (QED) is 0.798. The standard InChI is InChI=1S/C23H34N2O4/c1-15-11-16(5-10-20(15)26)12-24-21(27)17-13-25(14-17)22(28)29-19-8-6-18(7-9-19)23(2,3)4/h5,10-11,17-19,26H,6-9,12-14H2,1-4H3,(H,24,27)/t18-,19+. The van der Waals surface area contributed by atoms with E-state index in [2.05, 4.69) is 26.1 Å². The number of likely N-dealkylation sites (tertiary alicyclic amines) is 1. The van der Waals surface area contributed by atoms with Crippen LogP contribution in [0.15, 0.2) is 18.2 Å². The van der Waals surface area contributed by atoms with Crippen LogP contribution >= 0.6 is 0 Å². The minimum atomic E-state index is -0.289. The fraction of sp³-hybridized carbons (Fsp3) is 0.652. The molecule has 0 bridgehead atoms. The fourth-order valence-corrected chi connectivity index (χ4v) is 4.22. The maximum absolute atomic E-state index is 12.3. The predicted octanol–water partition coefficient (Wildman–Crippen LogP) is 3.99. The van der Waals surface area contributed by atoms with Gasteiger partial charge in [-0.1, -0.05) is 32.9 Å². The first-order valence-corrected chi connectivity index (χ1v) is 10.6. The molecule has 2 fully saturated rings. The molecule has 3 rings (SSSR count). The van der Waals surface area contributed by atoms with Crippen molar-refractivity contribution in [3.8, 4) is 5.75 Å². The number of phenolic OH excluding ortho intramolecular Hbond substituents is 1. The Labute approximate surface area is 173 Å². The summed E-state index contributed by atoms with van der Waals surface area (Å²) in [6, 6.07) is 5.28. The second-order valence-electron chi connectivity index (χ2n) is 9.66. The smallest absolute Gasteiger partial charge is 0.410 e. The van der Waals surface area contributed by atoms with Gasteiger partial charge in [0.05, 0.1) is 5.92 Å². The lowest BCUT2D eigenvalue weighted by Crippen LogP contribution is -2.56. The summed E-state index contributed by atoms with van der Waals surface area (Å²) in [5.74, 6) is 0.704. The molecule has 6 nitrogen and oxygen atoms in total. The molecule has 0 spiro atoms. The Morgan fingerprint density at radius 2 is 1.83 bits per heavy atom. The highest BCUT2D eigenvalue weighted by atomic mass is 16.6. The van der Waals surface area contributed by atoms with Gasteiger partial charge in [-0.2, -0.15) is 0 Å². The summed E-state index contributed by atoms with van der Waals surface area (Å²) in [6.07, 6.45) is 3.77. The lowest BCUT2D eigenvalue weighted by molar-refractivity contribution is -0.129. The molecule has 0 unspecified atom stereocenters. The number of ether oxygens (including phenoxy) is 1. The summed E-state index contributed by atoms with van der Waals surface area (Å²) >= 11 is 0. The molecule has 2 N–H and O–H groups in total. The molecule has 1 aliphatic heterocycles. The summed E-state index contributed by atoms with van der Waals surface area (Å²) in [5.41, 5.74) is 2.03. The molecule has 0 aromatic heterocycles. The zero-order chi connectivity index (χ0) is 21.2. The lowest BCUT2D eigenvalue weighted by Gasteiger charge is -2.40. The first-order chi connectivity index (χ1) is 13.6. The van der Waals surface area contributed by atoms with Crippen LogP contribution in [0.3, 0.4) is 0 Å². The average molecular weight is 403 g/mol. The van der Waals surface area contributed by atoms with Gasteiger partial charge < -0.3 is 20.1 Å². The number of aromatic hydroxyl groups is 1. The van der Waals surface area contributed by atoms with Gasteiger partial charge in [-0.15, -0.1) is 0 Å². The van der Waals surface area contributed by atoms with Gasteiger partial charge in [-0.05, 0) is 61.1 Å². The van der Waals surface area contributed by atoms with Crippen molar-refractivity contribution in [2.75, 3.05) is 13.1 Å². The molecule has 1 aliphatic carbocycles. The third-order valence-electron chi connectivity index (χ3n) is 6.40. The van der Waals surface area contributed by atoms with Crippen LogP contribution in [0.1, 0.15) is 57.6 Å². The summed E-state index contributed by atoms with van der Waals surface area (Å²) in [5, 5.41) is 12.5. The molecule has 0 atom stereocenters. The maximum atomic E-state index is 12.3. The van der Waals surface area contributed by atoms with E-state index in [9.17, 15) is 14.7 Å². The molecule has 1 saturated carbocycles. The number of nitrogens with one attached hydrogen (secondary N) is 1. The molecule has 6 heteroatoms. The average Bonchev–Trinajstić information content (AvgIpc) is 2.61. The Kier molecular flexibility index (Phi) is 6.39. The van der Waals surface area contributed by atoms with Gasteiger partial charge in [0.25, 0.3) is 0 Å². The molecule has 1 aromatic rings. The Bertz CT molecular complexity index is 742. The van der Waals surface area contributed by atoms with Gasteiger partial charge in [-0.25, -0.2) is 4.79 Å². The Hall–Kier alpha value is -2.24. The van der Waals surface area contributed by atoms with Gasteiger partial charge >= 0.3 is 6.09 Å². The second kappa shape index (κ2) is 8.64. The SMILES string of the molecule is Cc1cc(CNC(=O)C2CN(C(=O)O[C@H]3CC[C@@H](C(C)(C)C)CC3)C2)ccc1O. The van der Waals surface area contributed by atoms with Crippen LogP contribution in [0.25, 0.3) is 0 Å². The van der Waals surface area contributed by atoms with Gasteiger partial charge in [-0.3, -0.25) is 4.79 Å². The molecular weight excluding hydrogens is 368 g/mol. The fourth-order valence-electron chi connectivity index (χ4n) is 4.22. The Morgan fingerprint density at radius 3 is 2.41 bits per heavy atom. The second-order valence-corrected chi connectivity index (χ2v) is 9.66. The molecule has 160 valence electrons. The van der Waals surface area contributed by atoms with E-state index >= 15 is 0 Å². The normalized spacial score (nSPS) is 22.7. The number of phenols is 1. The van der Waals surface area contributed by atoms with Crippen molar-refractivity contribution in [1.82, 2.24) is 10.2 Å². The van der Waals surface area contributed by atoms with Crippen LogP contribution < -0.4 is 5.32 Å². The highest BCUT2D eigenvalue weighted by Gasteiger charge is 2.38. The minimum absolute atomic E-state index is 0.00622. The maximum Gasteiger partial charge on any atom is 0.410 e. The van der Waals surface area contributed by atoms with Gasteiger partial charge in [0.15, 0.2) is 0 Å². The van der Waals surface area contributed by atoms with E-state index in [-0.39, 0.29) is 29.8 Å². The van der Waals surface area contributed by atoms with E-state index in [1.54, 1.807) is 17.0 Å². The van der Waals surface area contributed by atoms with Crippen LogP contribution in [0.4, 0.5) is 4.79 Å². The van der Waals surface area contributed by atoms with Crippen LogP contribution in [0.5, 0.6) is 5.75 Å². The summed E-state index contributed by atoms with van der Waals surface area (Å²) in [4.78, 5) is 26.3. The van der Waals surface area contributed by atoms with E-state index in [0.29, 0.717) is 31.0 Å². The van der Waals surface area contributed by atoms with Crippen LogP contribution in [-0.2, 0) is 16.1 Å². The minimum Gasteiger partial charge on any atom is -0.508 e. The molecule has 0 radical (unpaired) electrons. The number of carbonyl (C=O) groups is 2. The molecule has 2 aliphatic rings. The van der Waals surface area contributed by atoms with Crippen molar-refractivity contribution >= 4 is 12.0 Å². The number of benzene rings is 1. The molecule has 1 heterocycles. The third kappa shape index (κ3) is 5.43. The van der Waals surface area contributed by atoms with Crippen LogP contribution in [0, 0.1) is 24.2 Å². The topological polar surface area (TPSA) is 78.9 Å². The summed E-state index contributed by atoms with van der Waals surface area (Å²) in [6.45, 7) is 9.89. The number of hydrogen-bond donors (Lipinski definition) is 2. The largest absolute Gasteiger partial charge is 0.508 e. The van der Waals surface area contributed by atoms with E-state index in [1.165, 1.54) is 0 Å². The third-order valence-corrected chi connectivity index (χ3v) is 6.40. The molecule has 2 amide bonds. The highest BCUT2D eigenvalue weighted by Crippen LogP contribution is 2.38. The lowest BCUT2D eigenvalue weighted by atomic mass is 9.72. The molecule has 1 aromatic carbocycles. The van der Waals surface area contributed by atoms with E-state index in [0.717, 1.165) is 36.8 Å². The zero-order valence-electron chi connectivity index (χ0n) is 18.0. The van der Waals surface area contributed by atoms with Crippen molar-refractivity contribution in [2.24, 2.45) is 17.3 Å². The highest BCUT2D eigenvalue weighted by molar-refractivity contribution is 5.82.